The van der Waals surface area contributed by atoms with E-state index in [9.17, 15) is 4.79 Å². The first-order valence-electron chi connectivity index (χ1n) is 5.25. The third-order valence-corrected chi connectivity index (χ3v) is 3.01. The number of hydrogen-bond acceptors (Lipinski definition) is 5. The summed E-state index contributed by atoms with van der Waals surface area (Å²) >= 11 is 0. The Hall–Kier alpha value is -1.40. The second-order valence-electron chi connectivity index (χ2n) is 4.07. The molecule has 88 valence electrons. The number of nitrogens with one attached hydrogen (secondary N) is 2. The lowest BCUT2D eigenvalue weighted by molar-refractivity contribution is 0.0956. The number of rotatable bonds is 2. The molecule has 0 saturated carbocycles. The highest BCUT2D eigenvalue weighted by Crippen LogP contribution is 2.25. The minimum atomic E-state index is -0.186. The van der Waals surface area contributed by atoms with Crippen molar-refractivity contribution >= 4 is 5.95 Å². The Morgan fingerprint density at radius 1 is 1.62 bits per heavy atom. The average Bonchev–Trinajstić information content (AvgIpc) is 2.59. The number of ether oxygens (including phenoxy) is 1. The topological polar surface area (TPSA) is 93.0 Å². The molecule has 0 spiro atoms. The molecule has 1 fully saturated rings. The van der Waals surface area contributed by atoms with Crippen molar-refractivity contribution in [1.82, 2.24) is 15.3 Å². The molecule has 1 aliphatic rings. The quantitative estimate of drug-likeness (QED) is 0.646. The molecule has 16 heavy (non-hydrogen) atoms. The van der Waals surface area contributed by atoms with Gasteiger partial charge in [0.1, 0.15) is 0 Å². The predicted octanol–water partition coefficient (Wildman–Crippen LogP) is -0.210. The standard InChI is InChI=1S/C10H16N4O2/c1-5-8(16-2)3-7(13-5)6-4-12-10(11)14-9(6)15/h4-5,7-8,13H,3H2,1-2H3,(H3,11,12,14,15)/t5-,7?,8+/m1/s1. The highest BCUT2D eigenvalue weighted by molar-refractivity contribution is 5.21. The lowest BCUT2D eigenvalue weighted by Gasteiger charge is -2.11. The van der Waals surface area contributed by atoms with Crippen molar-refractivity contribution in [2.45, 2.75) is 31.5 Å². The number of nitrogens with zero attached hydrogens (tertiary/aromatic N) is 1. The number of hydrogen-bond donors (Lipinski definition) is 3. The highest BCUT2D eigenvalue weighted by atomic mass is 16.5. The second kappa shape index (κ2) is 4.23. The number of nitrogen functional groups attached to an aromatic ring is 1. The Kier molecular flexibility index (Phi) is 2.93. The Morgan fingerprint density at radius 2 is 2.38 bits per heavy atom. The fraction of sp³-hybridized carbons (Fsp3) is 0.600. The van der Waals surface area contributed by atoms with Crippen LogP contribution in [0, 0.1) is 0 Å². The van der Waals surface area contributed by atoms with Gasteiger partial charge in [0.15, 0.2) is 5.95 Å². The molecule has 0 aliphatic carbocycles. The minimum Gasteiger partial charge on any atom is -0.380 e. The summed E-state index contributed by atoms with van der Waals surface area (Å²) in [6.45, 7) is 2.03. The molecule has 0 aromatic carbocycles. The molecule has 6 heteroatoms. The molecule has 0 amide bonds. The molecular formula is C10H16N4O2. The van der Waals surface area contributed by atoms with Gasteiger partial charge in [-0.2, -0.15) is 0 Å². The summed E-state index contributed by atoms with van der Waals surface area (Å²) in [6, 6.07) is 0.212. The van der Waals surface area contributed by atoms with Crippen LogP contribution in [-0.2, 0) is 4.74 Å². The molecule has 1 unspecified atom stereocenters. The molecule has 1 aliphatic heterocycles. The molecule has 2 heterocycles. The number of anilines is 1. The smallest absolute Gasteiger partial charge is 0.257 e. The number of methoxy groups -OCH3 is 1. The molecule has 6 nitrogen and oxygen atoms in total. The van der Waals surface area contributed by atoms with Gasteiger partial charge in [0, 0.05) is 25.4 Å². The van der Waals surface area contributed by atoms with Gasteiger partial charge in [-0.15, -0.1) is 0 Å². The third-order valence-electron chi connectivity index (χ3n) is 3.01. The van der Waals surface area contributed by atoms with Crippen LogP contribution in [0.1, 0.15) is 24.9 Å². The molecule has 0 radical (unpaired) electrons. The van der Waals surface area contributed by atoms with Crippen molar-refractivity contribution < 1.29 is 4.74 Å². The van der Waals surface area contributed by atoms with Crippen molar-refractivity contribution in [1.29, 1.82) is 0 Å². The Balaban J connectivity index is 2.23. The van der Waals surface area contributed by atoms with Crippen molar-refractivity contribution in [3.63, 3.8) is 0 Å². The van der Waals surface area contributed by atoms with Crippen molar-refractivity contribution in [2.75, 3.05) is 12.8 Å². The van der Waals surface area contributed by atoms with E-state index >= 15 is 0 Å². The van der Waals surface area contributed by atoms with E-state index in [1.54, 1.807) is 7.11 Å². The van der Waals surface area contributed by atoms with Gasteiger partial charge in [0.2, 0.25) is 0 Å². The van der Waals surface area contributed by atoms with Gasteiger partial charge in [-0.3, -0.25) is 9.78 Å². The van der Waals surface area contributed by atoms with Crippen molar-refractivity contribution in [3.05, 3.63) is 22.1 Å². The summed E-state index contributed by atoms with van der Waals surface area (Å²) in [4.78, 5) is 18.1. The maximum Gasteiger partial charge on any atom is 0.257 e. The fourth-order valence-corrected chi connectivity index (χ4v) is 2.11. The van der Waals surface area contributed by atoms with Crippen LogP contribution in [0.2, 0.25) is 0 Å². The van der Waals surface area contributed by atoms with E-state index in [0.29, 0.717) is 5.56 Å². The molecule has 1 saturated heterocycles. The third kappa shape index (κ3) is 1.94. The zero-order valence-corrected chi connectivity index (χ0v) is 9.36. The Labute approximate surface area is 93.2 Å². The second-order valence-corrected chi connectivity index (χ2v) is 4.07. The summed E-state index contributed by atoms with van der Waals surface area (Å²) in [5.74, 6) is 0.142. The molecule has 4 N–H and O–H groups in total. The first-order valence-corrected chi connectivity index (χ1v) is 5.25. The summed E-state index contributed by atoms with van der Waals surface area (Å²) < 4.78 is 5.32. The lowest BCUT2D eigenvalue weighted by atomic mass is 10.1. The van der Waals surface area contributed by atoms with E-state index in [2.05, 4.69) is 15.3 Å². The summed E-state index contributed by atoms with van der Waals surface area (Å²) in [5.41, 5.74) is 5.82. The first kappa shape index (κ1) is 11.1. The van der Waals surface area contributed by atoms with Crippen molar-refractivity contribution in [2.24, 2.45) is 0 Å². The normalized spacial score (nSPS) is 29.5. The number of aromatic amines is 1. The van der Waals surface area contributed by atoms with Gasteiger partial charge in [-0.1, -0.05) is 0 Å². The van der Waals surface area contributed by atoms with Gasteiger partial charge in [0.05, 0.1) is 11.7 Å². The van der Waals surface area contributed by atoms with Gasteiger partial charge in [-0.05, 0) is 13.3 Å². The molecule has 1 aromatic rings. The minimum absolute atomic E-state index is 0.0169. The summed E-state index contributed by atoms with van der Waals surface area (Å²) in [7, 11) is 1.68. The fourth-order valence-electron chi connectivity index (χ4n) is 2.11. The summed E-state index contributed by atoms with van der Waals surface area (Å²) in [6.07, 6.45) is 2.42. The Bertz CT molecular complexity index is 431. The number of nitrogens with two attached hydrogens (primary N) is 1. The largest absolute Gasteiger partial charge is 0.380 e. The van der Waals surface area contributed by atoms with Crippen molar-refractivity contribution in [3.8, 4) is 0 Å². The van der Waals surface area contributed by atoms with E-state index in [4.69, 9.17) is 10.5 Å². The Morgan fingerprint density at radius 3 is 2.94 bits per heavy atom. The van der Waals surface area contributed by atoms with Gasteiger partial charge in [-0.25, -0.2) is 4.98 Å². The van der Waals surface area contributed by atoms with E-state index in [0.717, 1.165) is 6.42 Å². The van der Waals surface area contributed by atoms with Gasteiger partial charge >= 0.3 is 0 Å². The molecule has 0 bridgehead atoms. The maximum atomic E-state index is 11.7. The average molecular weight is 224 g/mol. The summed E-state index contributed by atoms with van der Waals surface area (Å²) in [5, 5.41) is 3.31. The number of H-pyrrole nitrogens is 1. The van der Waals surface area contributed by atoms with Crippen LogP contribution < -0.4 is 16.6 Å². The van der Waals surface area contributed by atoms with Crippen LogP contribution in [0.4, 0.5) is 5.95 Å². The van der Waals surface area contributed by atoms with Crippen LogP contribution in [0.25, 0.3) is 0 Å². The van der Waals surface area contributed by atoms with Crippen LogP contribution in [0.3, 0.4) is 0 Å². The highest BCUT2D eigenvalue weighted by Gasteiger charge is 2.32. The molecule has 1 aromatic heterocycles. The first-order chi connectivity index (χ1) is 7.61. The lowest BCUT2D eigenvalue weighted by Crippen LogP contribution is -2.30. The van der Waals surface area contributed by atoms with Crippen LogP contribution in [-0.4, -0.2) is 29.2 Å². The zero-order valence-electron chi connectivity index (χ0n) is 9.36. The zero-order chi connectivity index (χ0) is 11.7. The predicted molar refractivity (Wildman–Crippen MR) is 60.0 cm³/mol. The van der Waals surface area contributed by atoms with E-state index < -0.39 is 0 Å². The maximum absolute atomic E-state index is 11.7. The van der Waals surface area contributed by atoms with Crippen LogP contribution in [0.15, 0.2) is 11.0 Å². The monoisotopic (exact) mass is 224 g/mol. The molecule has 3 atom stereocenters. The van der Waals surface area contributed by atoms with Crippen LogP contribution >= 0.6 is 0 Å². The van der Waals surface area contributed by atoms with Gasteiger partial charge in [0.25, 0.3) is 5.56 Å². The van der Waals surface area contributed by atoms with E-state index in [1.807, 2.05) is 6.92 Å². The number of aromatic nitrogens is 2. The van der Waals surface area contributed by atoms with Crippen LogP contribution in [0.5, 0.6) is 0 Å². The molecule has 2 rings (SSSR count). The van der Waals surface area contributed by atoms with E-state index in [-0.39, 0.29) is 29.7 Å². The SMILES string of the molecule is CO[C@H]1CC(c2cnc(N)[nH]c2=O)N[C@@H]1C. The molecular weight excluding hydrogens is 208 g/mol. The van der Waals surface area contributed by atoms with Gasteiger partial charge < -0.3 is 15.8 Å². The van der Waals surface area contributed by atoms with E-state index in [1.165, 1.54) is 6.20 Å².